The van der Waals surface area contributed by atoms with Crippen LogP contribution in [0.1, 0.15) is 31.7 Å². The zero-order valence-electron chi connectivity index (χ0n) is 12.9. The van der Waals surface area contributed by atoms with Gasteiger partial charge in [-0.2, -0.15) is 0 Å². The second kappa shape index (κ2) is 8.53. The van der Waals surface area contributed by atoms with Gasteiger partial charge in [0.1, 0.15) is 12.4 Å². The van der Waals surface area contributed by atoms with Gasteiger partial charge in [0, 0.05) is 6.42 Å². The molecule has 23 heavy (non-hydrogen) atoms. The largest absolute Gasteiger partial charge is 0.485 e. The minimum Gasteiger partial charge on any atom is -0.485 e. The van der Waals surface area contributed by atoms with E-state index in [1.54, 1.807) is 30.3 Å². The van der Waals surface area contributed by atoms with Crippen LogP contribution in [0.15, 0.2) is 42.5 Å². The van der Waals surface area contributed by atoms with Gasteiger partial charge in [-0.25, -0.2) is 4.39 Å². The molecule has 0 unspecified atom stereocenters. The summed E-state index contributed by atoms with van der Waals surface area (Å²) in [7, 11) is 0. The maximum absolute atomic E-state index is 12.9. The van der Waals surface area contributed by atoms with Gasteiger partial charge in [-0.05, 0) is 36.2 Å². The van der Waals surface area contributed by atoms with E-state index in [1.165, 1.54) is 12.1 Å². The Balaban J connectivity index is 2.07. The molecule has 5 heteroatoms. The Kier molecular flexibility index (Phi) is 6.41. The summed E-state index contributed by atoms with van der Waals surface area (Å²) in [6, 6.07) is 11.0. The monoisotopic (exact) mass is 336 g/mol. The summed E-state index contributed by atoms with van der Waals surface area (Å²) in [5, 5.41) is 0.312. The molecule has 0 N–H and O–H groups in total. The van der Waals surface area contributed by atoms with Crippen LogP contribution in [0.2, 0.25) is 5.02 Å². The smallest absolute Gasteiger partial charge is 0.311 e. The fourth-order valence-electron chi connectivity index (χ4n) is 1.93. The van der Waals surface area contributed by atoms with Crippen LogP contribution in [-0.2, 0) is 11.4 Å². The highest BCUT2D eigenvalue weighted by atomic mass is 35.5. The summed E-state index contributed by atoms with van der Waals surface area (Å²) in [6.45, 7) is 2.22. The molecule has 0 aliphatic carbocycles. The molecule has 0 atom stereocenters. The van der Waals surface area contributed by atoms with Gasteiger partial charge in [0.15, 0.2) is 11.5 Å². The first-order valence-corrected chi connectivity index (χ1v) is 7.84. The quantitative estimate of drug-likeness (QED) is 0.518. The molecule has 0 aromatic heterocycles. The summed E-state index contributed by atoms with van der Waals surface area (Å²) in [6.07, 6.45) is 2.00. The molecule has 0 saturated heterocycles. The van der Waals surface area contributed by atoms with Gasteiger partial charge in [-0.1, -0.05) is 43.1 Å². The number of hydrogen-bond donors (Lipinski definition) is 0. The van der Waals surface area contributed by atoms with Crippen molar-refractivity contribution < 1.29 is 18.7 Å². The predicted molar refractivity (Wildman–Crippen MR) is 87.3 cm³/mol. The lowest BCUT2D eigenvalue weighted by Gasteiger charge is -2.13. The number of carbonyl (C=O) groups excluding carboxylic acids is 1. The highest BCUT2D eigenvalue weighted by Gasteiger charge is 2.14. The van der Waals surface area contributed by atoms with Crippen LogP contribution >= 0.6 is 11.6 Å². The van der Waals surface area contributed by atoms with Gasteiger partial charge in [0.05, 0.1) is 5.02 Å². The number of ether oxygens (including phenoxy) is 2. The van der Waals surface area contributed by atoms with E-state index in [9.17, 15) is 9.18 Å². The lowest BCUT2D eigenvalue weighted by Crippen LogP contribution is -2.09. The Morgan fingerprint density at radius 3 is 2.61 bits per heavy atom. The molecule has 3 nitrogen and oxygen atoms in total. The first-order valence-electron chi connectivity index (χ1n) is 7.46. The van der Waals surface area contributed by atoms with Crippen molar-refractivity contribution in [2.45, 2.75) is 32.8 Å². The fourth-order valence-corrected chi connectivity index (χ4v) is 2.13. The van der Waals surface area contributed by atoms with E-state index < -0.39 is 0 Å². The first-order chi connectivity index (χ1) is 11.1. The van der Waals surface area contributed by atoms with Crippen molar-refractivity contribution in [3.8, 4) is 11.5 Å². The number of carbonyl (C=O) groups is 1. The van der Waals surface area contributed by atoms with E-state index in [1.807, 2.05) is 6.92 Å². The molecule has 0 aliphatic heterocycles. The number of rotatable bonds is 7. The van der Waals surface area contributed by atoms with Crippen LogP contribution < -0.4 is 9.47 Å². The number of unbranched alkanes of at least 4 members (excludes halogenated alkanes) is 1. The minimum absolute atomic E-state index is 0.220. The van der Waals surface area contributed by atoms with Crippen molar-refractivity contribution >= 4 is 17.6 Å². The van der Waals surface area contributed by atoms with Crippen LogP contribution in [0.25, 0.3) is 0 Å². The topological polar surface area (TPSA) is 35.5 Å². The lowest BCUT2D eigenvalue weighted by atomic mass is 10.2. The maximum Gasteiger partial charge on any atom is 0.311 e. The summed E-state index contributed by atoms with van der Waals surface area (Å²) in [5.74, 6) is -0.0438. The third-order valence-electron chi connectivity index (χ3n) is 3.19. The highest BCUT2D eigenvalue weighted by Crippen LogP contribution is 2.35. The second-order valence-electron chi connectivity index (χ2n) is 5.06. The van der Waals surface area contributed by atoms with E-state index in [0.29, 0.717) is 17.2 Å². The maximum atomic E-state index is 12.9. The van der Waals surface area contributed by atoms with E-state index >= 15 is 0 Å². The van der Waals surface area contributed by atoms with Crippen molar-refractivity contribution in [2.75, 3.05) is 0 Å². The molecule has 2 rings (SSSR count). The number of para-hydroxylation sites is 1. The molecule has 0 spiro atoms. The van der Waals surface area contributed by atoms with Gasteiger partial charge in [-0.3, -0.25) is 4.79 Å². The average Bonchev–Trinajstić information content (AvgIpc) is 2.55. The van der Waals surface area contributed by atoms with Crippen LogP contribution in [0.3, 0.4) is 0 Å². The van der Waals surface area contributed by atoms with Gasteiger partial charge in [0.25, 0.3) is 0 Å². The molecule has 0 heterocycles. The molecular weight excluding hydrogens is 319 g/mol. The standard InChI is InChI=1S/C18H18ClFO3/c1-2-3-7-17(21)23-18-15(19)5-4-6-16(18)22-12-13-8-10-14(20)11-9-13/h4-6,8-11H,2-3,7,12H2,1H3. The van der Waals surface area contributed by atoms with Crippen molar-refractivity contribution in [3.63, 3.8) is 0 Å². The van der Waals surface area contributed by atoms with E-state index in [-0.39, 0.29) is 24.1 Å². The Morgan fingerprint density at radius 2 is 1.91 bits per heavy atom. The van der Waals surface area contributed by atoms with Crippen LogP contribution in [-0.4, -0.2) is 5.97 Å². The lowest BCUT2D eigenvalue weighted by molar-refractivity contribution is -0.134. The molecular formula is C18H18ClFO3. The van der Waals surface area contributed by atoms with Crippen molar-refractivity contribution in [1.29, 1.82) is 0 Å². The second-order valence-corrected chi connectivity index (χ2v) is 5.47. The van der Waals surface area contributed by atoms with Gasteiger partial charge >= 0.3 is 5.97 Å². The Hall–Kier alpha value is -2.07. The van der Waals surface area contributed by atoms with Crippen molar-refractivity contribution in [1.82, 2.24) is 0 Å². The molecule has 0 radical (unpaired) electrons. The molecule has 0 fully saturated rings. The normalized spacial score (nSPS) is 10.4. The summed E-state index contributed by atoms with van der Waals surface area (Å²) < 4.78 is 23.9. The third-order valence-corrected chi connectivity index (χ3v) is 3.49. The van der Waals surface area contributed by atoms with Gasteiger partial charge in [0.2, 0.25) is 0 Å². The molecule has 0 aliphatic rings. The number of hydrogen-bond acceptors (Lipinski definition) is 3. The van der Waals surface area contributed by atoms with Crippen LogP contribution in [0.4, 0.5) is 4.39 Å². The average molecular weight is 337 g/mol. The van der Waals surface area contributed by atoms with E-state index in [4.69, 9.17) is 21.1 Å². The molecule has 0 saturated carbocycles. The zero-order valence-corrected chi connectivity index (χ0v) is 13.6. The molecule has 0 amide bonds. The van der Waals surface area contributed by atoms with Crippen LogP contribution in [0.5, 0.6) is 11.5 Å². The minimum atomic E-state index is -0.341. The Morgan fingerprint density at radius 1 is 1.17 bits per heavy atom. The fraction of sp³-hybridized carbons (Fsp3) is 0.278. The van der Waals surface area contributed by atoms with Crippen LogP contribution in [0, 0.1) is 5.82 Å². The van der Waals surface area contributed by atoms with Crippen molar-refractivity contribution in [2.24, 2.45) is 0 Å². The van der Waals surface area contributed by atoms with Crippen molar-refractivity contribution in [3.05, 3.63) is 58.9 Å². The molecule has 122 valence electrons. The van der Waals surface area contributed by atoms with Gasteiger partial charge < -0.3 is 9.47 Å². The first kappa shape index (κ1) is 17.3. The van der Waals surface area contributed by atoms with E-state index in [2.05, 4.69) is 0 Å². The van der Waals surface area contributed by atoms with E-state index in [0.717, 1.165) is 18.4 Å². The molecule has 2 aromatic rings. The number of esters is 1. The van der Waals surface area contributed by atoms with Gasteiger partial charge in [-0.15, -0.1) is 0 Å². The SMILES string of the molecule is CCCCC(=O)Oc1c(Cl)cccc1OCc1ccc(F)cc1. The summed E-state index contributed by atoms with van der Waals surface area (Å²) in [4.78, 5) is 11.8. The zero-order chi connectivity index (χ0) is 16.7. The summed E-state index contributed by atoms with van der Waals surface area (Å²) in [5.41, 5.74) is 0.801. The predicted octanol–water partition coefficient (Wildman–Crippen LogP) is 5.15. The Labute approximate surface area is 140 Å². The Bertz CT molecular complexity index is 656. The number of halogens is 2. The molecule has 0 bridgehead atoms. The number of benzene rings is 2. The summed E-state index contributed by atoms with van der Waals surface area (Å²) >= 11 is 6.10. The third kappa shape index (κ3) is 5.25. The highest BCUT2D eigenvalue weighted by molar-refractivity contribution is 6.32. The molecule has 2 aromatic carbocycles.